The average Bonchev–Trinajstić information content (AvgIpc) is 3.39. The maximum absolute atomic E-state index is 12.2. The molecule has 2 aromatic carbocycles. The van der Waals surface area contributed by atoms with Crippen molar-refractivity contribution >= 4 is 45.3 Å². The van der Waals surface area contributed by atoms with Gasteiger partial charge in [0.2, 0.25) is 0 Å². The Hall–Kier alpha value is -4.22. The summed E-state index contributed by atoms with van der Waals surface area (Å²) < 4.78 is 11.6. The van der Waals surface area contributed by atoms with Crippen molar-refractivity contribution < 1.29 is 19.4 Å². The topological polar surface area (TPSA) is 121 Å². The number of carbonyl (C=O) groups is 1. The monoisotopic (exact) mass is 504 g/mol. The molecule has 36 heavy (non-hydrogen) atoms. The van der Waals surface area contributed by atoms with E-state index in [1.165, 1.54) is 19.4 Å². The summed E-state index contributed by atoms with van der Waals surface area (Å²) in [5.41, 5.74) is 5.44. The summed E-state index contributed by atoms with van der Waals surface area (Å²) in [6.07, 6.45) is 1.45. The van der Waals surface area contributed by atoms with Gasteiger partial charge < -0.3 is 24.8 Å². The average molecular weight is 505 g/mol. The molecule has 0 saturated carbocycles. The largest absolute Gasteiger partial charge is 0.504 e. The molecule has 0 spiro atoms. The summed E-state index contributed by atoms with van der Waals surface area (Å²) in [5, 5.41) is 18.3. The van der Waals surface area contributed by atoms with Gasteiger partial charge in [0, 0.05) is 24.3 Å². The fraction of sp³-hybridized carbons (Fsp3) is 0.200. The molecule has 0 radical (unpaired) electrons. The number of phenolic OH excluding ortho intramolecular Hbond substituents is 1. The lowest BCUT2D eigenvalue weighted by Crippen LogP contribution is -2.36. The van der Waals surface area contributed by atoms with Crippen molar-refractivity contribution in [3.8, 4) is 22.9 Å². The first-order valence-electron chi connectivity index (χ1n) is 11.3. The first-order valence-corrected chi connectivity index (χ1v) is 12.1. The molecular weight excluding hydrogens is 480 g/mol. The number of phenols is 1. The number of nitrogens with one attached hydrogen (secondary N) is 2. The summed E-state index contributed by atoms with van der Waals surface area (Å²) in [5.74, 6) is 1.91. The number of thiophene rings is 1. The molecule has 0 unspecified atom stereocenters. The third-order valence-corrected chi connectivity index (χ3v) is 6.48. The van der Waals surface area contributed by atoms with Gasteiger partial charge in [0.1, 0.15) is 0 Å². The normalized spacial score (nSPS) is 13.8. The number of benzene rings is 2. The second-order valence-corrected chi connectivity index (χ2v) is 8.85. The predicted molar refractivity (Wildman–Crippen MR) is 140 cm³/mol. The third-order valence-electron chi connectivity index (χ3n) is 5.58. The van der Waals surface area contributed by atoms with Crippen LogP contribution < -0.4 is 20.4 Å². The van der Waals surface area contributed by atoms with E-state index in [1.54, 1.807) is 35.6 Å². The van der Waals surface area contributed by atoms with Crippen LogP contribution in [0.3, 0.4) is 0 Å². The number of amides is 2. The number of carbonyl (C=O) groups excluding carboxylic acids is 1. The Morgan fingerprint density at radius 1 is 1.17 bits per heavy atom. The lowest BCUT2D eigenvalue weighted by Gasteiger charge is -2.28. The Kier molecular flexibility index (Phi) is 6.92. The molecule has 0 atom stereocenters. The highest BCUT2D eigenvalue weighted by molar-refractivity contribution is 7.17. The molecule has 184 valence electrons. The molecule has 11 heteroatoms. The zero-order chi connectivity index (χ0) is 24.9. The third kappa shape index (κ3) is 5.21. The first kappa shape index (κ1) is 23.5. The Balaban J connectivity index is 1.26. The van der Waals surface area contributed by atoms with Crippen LogP contribution in [0, 0.1) is 0 Å². The summed E-state index contributed by atoms with van der Waals surface area (Å²) in [6.45, 7) is 2.96. The van der Waals surface area contributed by atoms with Crippen LogP contribution in [-0.4, -0.2) is 60.7 Å². The van der Waals surface area contributed by atoms with E-state index in [4.69, 9.17) is 19.4 Å². The summed E-state index contributed by atoms with van der Waals surface area (Å²) in [4.78, 5) is 24.1. The summed E-state index contributed by atoms with van der Waals surface area (Å²) in [7, 11) is 1.46. The fourth-order valence-electron chi connectivity index (χ4n) is 3.77. The van der Waals surface area contributed by atoms with Crippen molar-refractivity contribution in [3.63, 3.8) is 0 Å². The molecule has 0 bridgehead atoms. The van der Waals surface area contributed by atoms with E-state index in [9.17, 15) is 9.90 Å². The van der Waals surface area contributed by atoms with Crippen LogP contribution in [0.1, 0.15) is 5.56 Å². The van der Waals surface area contributed by atoms with E-state index in [1.807, 2.05) is 23.6 Å². The van der Waals surface area contributed by atoms with Crippen LogP contribution >= 0.6 is 11.3 Å². The number of ether oxygens (including phenoxy) is 2. The number of hydrazone groups is 1. The highest BCUT2D eigenvalue weighted by Gasteiger charge is 2.19. The zero-order valence-corrected chi connectivity index (χ0v) is 20.3. The molecule has 1 saturated heterocycles. The Morgan fingerprint density at radius 3 is 2.75 bits per heavy atom. The minimum absolute atomic E-state index is 0.0294. The number of hydrogen-bond acceptors (Lipinski definition) is 9. The molecule has 1 aliphatic rings. The minimum atomic E-state index is -0.490. The Morgan fingerprint density at radius 2 is 1.97 bits per heavy atom. The Labute approximate surface area is 211 Å². The number of nitrogens with zero attached hydrogens (tertiary/aromatic N) is 4. The van der Waals surface area contributed by atoms with Gasteiger partial charge in [-0.3, -0.25) is 0 Å². The first-order chi connectivity index (χ1) is 17.6. The minimum Gasteiger partial charge on any atom is -0.504 e. The standard InChI is InChI=1S/C25H24N6O4S/c1-34-21-14-16(2-7-20(21)32)15-26-30-25(33)27-18-5-3-17(4-6-18)23-28-19-8-13-36-22(19)24(29-23)31-9-11-35-12-10-31/h2-8,13-15,32H,9-12H2,1H3,(H2,27,30,33)/b26-15+. The number of fused-ring (bicyclic) bond motifs is 1. The number of aromatic hydroxyl groups is 1. The van der Waals surface area contributed by atoms with Gasteiger partial charge >= 0.3 is 6.03 Å². The smallest absolute Gasteiger partial charge is 0.339 e. The number of hydrogen-bond donors (Lipinski definition) is 3. The number of urea groups is 1. The maximum atomic E-state index is 12.2. The predicted octanol–water partition coefficient (Wildman–Crippen LogP) is 4.06. The van der Waals surface area contributed by atoms with Crippen LogP contribution in [0.25, 0.3) is 21.6 Å². The molecule has 3 N–H and O–H groups in total. The molecular formula is C25H24N6O4S. The fourth-order valence-corrected chi connectivity index (χ4v) is 4.62. The number of aromatic nitrogens is 2. The molecule has 10 nitrogen and oxygen atoms in total. The van der Waals surface area contributed by atoms with Crippen LogP contribution in [-0.2, 0) is 4.74 Å². The summed E-state index contributed by atoms with van der Waals surface area (Å²) >= 11 is 1.64. The van der Waals surface area contributed by atoms with Gasteiger partial charge in [-0.1, -0.05) is 0 Å². The van der Waals surface area contributed by atoms with Gasteiger partial charge in [0.05, 0.1) is 36.8 Å². The van der Waals surface area contributed by atoms with E-state index >= 15 is 0 Å². The second-order valence-electron chi connectivity index (χ2n) is 7.94. The van der Waals surface area contributed by atoms with E-state index in [2.05, 4.69) is 20.7 Å². The molecule has 2 aromatic heterocycles. The molecule has 1 fully saturated rings. The van der Waals surface area contributed by atoms with Crippen molar-refractivity contribution in [1.82, 2.24) is 15.4 Å². The second kappa shape index (κ2) is 10.6. The van der Waals surface area contributed by atoms with Crippen molar-refractivity contribution in [1.29, 1.82) is 0 Å². The van der Waals surface area contributed by atoms with Gasteiger partial charge in [-0.25, -0.2) is 20.2 Å². The molecule has 0 aliphatic carbocycles. The van der Waals surface area contributed by atoms with Gasteiger partial charge in [0.15, 0.2) is 23.1 Å². The van der Waals surface area contributed by atoms with E-state index in [0.29, 0.717) is 36.0 Å². The molecule has 3 heterocycles. The highest BCUT2D eigenvalue weighted by atomic mass is 32.1. The van der Waals surface area contributed by atoms with Crippen LogP contribution in [0.2, 0.25) is 0 Å². The zero-order valence-electron chi connectivity index (χ0n) is 19.5. The van der Waals surface area contributed by atoms with Crippen molar-refractivity contribution in [2.24, 2.45) is 5.10 Å². The Bertz CT molecular complexity index is 1400. The quantitative estimate of drug-likeness (QED) is 0.267. The number of anilines is 2. The number of morpholine rings is 1. The molecule has 5 rings (SSSR count). The molecule has 1 aliphatic heterocycles. The number of methoxy groups -OCH3 is 1. The van der Waals surface area contributed by atoms with Crippen LogP contribution in [0.5, 0.6) is 11.5 Å². The van der Waals surface area contributed by atoms with E-state index < -0.39 is 6.03 Å². The van der Waals surface area contributed by atoms with E-state index in [-0.39, 0.29) is 5.75 Å². The van der Waals surface area contributed by atoms with Gasteiger partial charge in [0.25, 0.3) is 0 Å². The lowest BCUT2D eigenvalue weighted by atomic mass is 10.2. The van der Waals surface area contributed by atoms with Crippen molar-refractivity contribution in [3.05, 3.63) is 59.5 Å². The van der Waals surface area contributed by atoms with Gasteiger partial charge in [-0.2, -0.15) is 5.10 Å². The van der Waals surface area contributed by atoms with Gasteiger partial charge in [-0.05, 0) is 59.5 Å². The number of rotatable bonds is 6. The summed E-state index contributed by atoms with van der Waals surface area (Å²) in [6, 6.07) is 13.6. The van der Waals surface area contributed by atoms with Gasteiger partial charge in [-0.15, -0.1) is 11.3 Å². The SMILES string of the molecule is COc1cc(/C=N/NC(=O)Nc2ccc(-c3nc(N4CCOCC4)c4sccc4n3)cc2)ccc1O. The highest BCUT2D eigenvalue weighted by Crippen LogP contribution is 2.32. The van der Waals surface area contributed by atoms with E-state index in [0.717, 1.165) is 34.7 Å². The van der Waals surface area contributed by atoms with Crippen LogP contribution in [0.4, 0.5) is 16.3 Å². The molecule has 2 amide bonds. The van der Waals surface area contributed by atoms with Crippen LogP contribution in [0.15, 0.2) is 59.0 Å². The molecule has 4 aromatic rings. The lowest BCUT2D eigenvalue weighted by molar-refractivity contribution is 0.122. The van der Waals surface area contributed by atoms with Crippen molar-refractivity contribution in [2.45, 2.75) is 0 Å². The van der Waals surface area contributed by atoms with Crippen molar-refractivity contribution in [2.75, 3.05) is 43.6 Å². The maximum Gasteiger partial charge on any atom is 0.339 e.